The SMILES string of the molecule is C=CC(=O)NC(COC)COC. The molecule has 0 aromatic carbocycles. The van der Waals surface area contributed by atoms with Gasteiger partial charge < -0.3 is 14.8 Å². The molecule has 0 aliphatic rings. The van der Waals surface area contributed by atoms with Crippen LogP contribution in [-0.4, -0.2) is 39.4 Å². The van der Waals surface area contributed by atoms with E-state index in [0.29, 0.717) is 13.2 Å². The summed E-state index contributed by atoms with van der Waals surface area (Å²) >= 11 is 0. The summed E-state index contributed by atoms with van der Waals surface area (Å²) in [7, 11) is 3.14. The summed E-state index contributed by atoms with van der Waals surface area (Å²) in [5.41, 5.74) is 0. The Kier molecular flexibility index (Phi) is 6.32. The van der Waals surface area contributed by atoms with E-state index in [4.69, 9.17) is 9.47 Å². The van der Waals surface area contributed by atoms with Gasteiger partial charge in [-0.25, -0.2) is 0 Å². The standard InChI is InChI=1S/C8H15NO3/c1-4-8(10)9-7(5-11-2)6-12-3/h4,7H,1,5-6H2,2-3H3,(H,9,10). The summed E-state index contributed by atoms with van der Waals surface area (Å²) in [5, 5.41) is 2.66. The van der Waals surface area contributed by atoms with Crippen molar-refractivity contribution in [1.29, 1.82) is 0 Å². The van der Waals surface area contributed by atoms with Crippen molar-refractivity contribution in [2.24, 2.45) is 0 Å². The third kappa shape index (κ3) is 4.87. The molecule has 4 nitrogen and oxygen atoms in total. The monoisotopic (exact) mass is 173 g/mol. The molecular weight excluding hydrogens is 158 g/mol. The maximum absolute atomic E-state index is 10.8. The van der Waals surface area contributed by atoms with Crippen molar-refractivity contribution in [3.63, 3.8) is 0 Å². The third-order valence-electron chi connectivity index (χ3n) is 1.27. The van der Waals surface area contributed by atoms with Gasteiger partial charge in [-0.2, -0.15) is 0 Å². The van der Waals surface area contributed by atoms with Crippen molar-refractivity contribution in [1.82, 2.24) is 5.32 Å². The first-order valence-corrected chi connectivity index (χ1v) is 3.65. The van der Waals surface area contributed by atoms with Crippen LogP contribution in [-0.2, 0) is 14.3 Å². The predicted octanol–water partition coefficient (Wildman–Crippen LogP) is -0.0500. The van der Waals surface area contributed by atoms with Crippen LogP contribution in [0.3, 0.4) is 0 Å². The fourth-order valence-corrected chi connectivity index (χ4v) is 0.794. The molecule has 0 unspecified atom stereocenters. The van der Waals surface area contributed by atoms with Crippen molar-refractivity contribution in [2.45, 2.75) is 6.04 Å². The van der Waals surface area contributed by atoms with E-state index in [9.17, 15) is 4.79 Å². The van der Waals surface area contributed by atoms with E-state index in [-0.39, 0.29) is 11.9 Å². The van der Waals surface area contributed by atoms with Crippen LogP contribution in [0.1, 0.15) is 0 Å². The molecule has 0 radical (unpaired) electrons. The minimum absolute atomic E-state index is 0.106. The third-order valence-corrected chi connectivity index (χ3v) is 1.27. The van der Waals surface area contributed by atoms with Gasteiger partial charge in [-0.15, -0.1) is 0 Å². The van der Waals surface area contributed by atoms with Crippen molar-refractivity contribution >= 4 is 5.91 Å². The normalized spacial score (nSPS) is 9.92. The van der Waals surface area contributed by atoms with Crippen LogP contribution >= 0.6 is 0 Å². The molecule has 0 fully saturated rings. The molecule has 4 heteroatoms. The zero-order valence-electron chi connectivity index (χ0n) is 7.50. The van der Waals surface area contributed by atoms with Crippen LogP contribution in [0.15, 0.2) is 12.7 Å². The molecule has 0 heterocycles. The van der Waals surface area contributed by atoms with E-state index in [1.165, 1.54) is 6.08 Å². The first-order valence-electron chi connectivity index (χ1n) is 3.65. The quantitative estimate of drug-likeness (QED) is 0.573. The Balaban J connectivity index is 3.76. The molecule has 12 heavy (non-hydrogen) atoms. The predicted molar refractivity (Wildman–Crippen MR) is 45.9 cm³/mol. The molecular formula is C8H15NO3. The lowest BCUT2D eigenvalue weighted by molar-refractivity contribution is -0.118. The number of hydrogen-bond donors (Lipinski definition) is 1. The molecule has 0 bridgehead atoms. The Morgan fingerprint density at radius 2 is 2.00 bits per heavy atom. The van der Waals surface area contributed by atoms with Gasteiger partial charge >= 0.3 is 0 Å². The van der Waals surface area contributed by atoms with Crippen molar-refractivity contribution in [3.05, 3.63) is 12.7 Å². The number of methoxy groups -OCH3 is 2. The van der Waals surface area contributed by atoms with Crippen LogP contribution < -0.4 is 5.32 Å². The largest absolute Gasteiger partial charge is 0.382 e. The summed E-state index contributed by atoms with van der Waals surface area (Å²) in [6, 6.07) is -0.106. The van der Waals surface area contributed by atoms with Crippen molar-refractivity contribution in [3.8, 4) is 0 Å². The van der Waals surface area contributed by atoms with Crippen LogP contribution in [0.2, 0.25) is 0 Å². The van der Waals surface area contributed by atoms with Gasteiger partial charge in [0, 0.05) is 14.2 Å². The van der Waals surface area contributed by atoms with Gasteiger partial charge in [0.05, 0.1) is 19.3 Å². The maximum atomic E-state index is 10.8. The highest BCUT2D eigenvalue weighted by Gasteiger charge is 2.08. The van der Waals surface area contributed by atoms with E-state index in [1.54, 1.807) is 14.2 Å². The highest BCUT2D eigenvalue weighted by molar-refractivity contribution is 5.87. The van der Waals surface area contributed by atoms with Gasteiger partial charge in [-0.05, 0) is 6.08 Å². The second kappa shape index (κ2) is 6.82. The molecule has 0 spiro atoms. The molecule has 0 atom stereocenters. The molecule has 0 aromatic heterocycles. The Morgan fingerprint density at radius 3 is 2.33 bits per heavy atom. The number of carbonyl (C=O) groups excluding carboxylic acids is 1. The fourth-order valence-electron chi connectivity index (χ4n) is 0.794. The van der Waals surface area contributed by atoms with Gasteiger partial charge in [0.25, 0.3) is 0 Å². The van der Waals surface area contributed by atoms with Crippen LogP contribution in [0.4, 0.5) is 0 Å². The molecule has 70 valence electrons. The van der Waals surface area contributed by atoms with E-state index < -0.39 is 0 Å². The molecule has 0 aliphatic heterocycles. The Bertz CT molecular complexity index is 141. The summed E-state index contributed by atoms with van der Waals surface area (Å²) in [4.78, 5) is 10.8. The Morgan fingerprint density at radius 1 is 1.50 bits per heavy atom. The smallest absolute Gasteiger partial charge is 0.243 e. The number of amides is 1. The lowest BCUT2D eigenvalue weighted by atomic mass is 10.3. The minimum atomic E-state index is -0.214. The van der Waals surface area contributed by atoms with Crippen LogP contribution in [0.25, 0.3) is 0 Å². The van der Waals surface area contributed by atoms with Crippen LogP contribution in [0, 0.1) is 0 Å². The first kappa shape index (κ1) is 11.1. The molecule has 0 saturated carbocycles. The van der Waals surface area contributed by atoms with Gasteiger partial charge in [0.2, 0.25) is 5.91 Å². The van der Waals surface area contributed by atoms with Gasteiger partial charge in [0.1, 0.15) is 0 Å². The Hall–Kier alpha value is -0.870. The number of ether oxygens (including phenoxy) is 2. The average Bonchev–Trinajstić information content (AvgIpc) is 2.05. The van der Waals surface area contributed by atoms with Crippen molar-refractivity contribution in [2.75, 3.05) is 27.4 Å². The van der Waals surface area contributed by atoms with E-state index in [2.05, 4.69) is 11.9 Å². The van der Waals surface area contributed by atoms with E-state index in [1.807, 2.05) is 0 Å². The molecule has 0 aromatic rings. The highest BCUT2D eigenvalue weighted by Crippen LogP contribution is 1.86. The zero-order valence-corrected chi connectivity index (χ0v) is 7.50. The topological polar surface area (TPSA) is 47.6 Å². The Labute approximate surface area is 72.5 Å². The van der Waals surface area contributed by atoms with Crippen molar-refractivity contribution < 1.29 is 14.3 Å². The zero-order chi connectivity index (χ0) is 9.40. The summed E-state index contributed by atoms with van der Waals surface area (Å²) in [5.74, 6) is -0.214. The molecule has 1 N–H and O–H groups in total. The minimum Gasteiger partial charge on any atom is -0.382 e. The average molecular weight is 173 g/mol. The lowest BCUT2D eigenvalue weighted by Crippen LogP contribution is -2.40. The van der Waals surface area contributed by atoms with Gasteiger partial charge in [0.15, 0.2) is 0 Å². The molecule has 0 aliphatic carbocycles. The summed E-state index contributed by atoms with van der Waals surface area (Å²) in [6.07, 6.45) is 1.22. The fraction of sp³-hybridized carbons (Fsp3) is 0.625. The van der Waals surface area contributed by atoms with E-state index >= 15 is 0 Å². The number of nitrogens with one attached hydrogen (secondary N) is 1. The first-order chi connectivity index (χ1) is 5.74. The number of carbonyl (C=O) groups is 1. The second-order valence-electron chi connectivity index (χ2n) is 2.32. The second-order valence-corrected chi connectivity index (χ2v) is 2.32. The molecule has 0 rings (SSSR count). The summed E-state index contributed by atoms with van der Waals surface area (Å²) < 4.78 is 9.75. The van der Waals surface area contributed by atoms with Crippen LogP contribution in [0.5, 0.6) is 0 Å². The van der Waals surface area contributed by atoms with E-state index in [0.717, 1.165) is 0 Å². The molecule has 1 amide bonds. The van der Waals surface area contributed by atoms with Gasteiger partial charge in [-0.1, -0.05) is 6.58 Å². The number of rotatable bonds is 6. The summed E-state index contributed by atoms with van der Waals surface area (Å²) in [6.45, 7) is 4.22. The highest BCUT2D eigenvalue weighted by atomic mass is 16.5. The number of hydrogen-bond acceptors (Lipinski definition) is 3. The maximum Gasteiger partial charge on any atom is 0.243 e. The van der Waals surface area contributed by atoms with Gasteiger partial charge in [-0.3, -0.25) is 4.79 Å². The lowest BCUT2D eigenvalue weighted by Gasteiger charge is -2.15. The molecule has 0 saturated heterocycles.